The molecule has 5 heteroatoms. The predicted octanol–water partition coefficient (Wildman–Crippen LogP) is 2.16. The van der Waals surface area contributed by atoms with Crippen molar-refractivity contribution in [3.63, 3.8) is 0 Å². The van der Waals surface area contributed by atoms with Gasteiger partial charge in [0.15, 0.2) is 0 Å². The average Bonchev–Trinajstić information content (AvgIpc) is 2.59. The van der Waals surface area contributed by atoms with E-state index in [0.717, 1.165) is 5.46 Å². The van der Waals surface area contributed by atoms with Gasteiger partial charge in [0.1, 0.15) is 0 Å². The molecule has 0 unspecified atom stereocenters. The quantitative estimate of drug-likeness (QED) is 0.627. The number of hydrogen-bond donors (Lipinski definition) is 0. The summed E-state index contributed by atoms with van der Waals surface area (Å²) in [7, 11) is -0.464. The van der Waals surface area contributed by atoms with Crippen molar-refractivity contribution in [1.29, 1.82) is 0 Å². The van der Waals surface area contributed by atoms with Crippen molar-refractivity contribution in [3.8, 4) is 0 Å². The topological polar surface area (TPSA) is 44.8 Å². The molecule has 0 radical (unpaired) electrons. The van der Waals surface area contributed by atoms with Crippen molar-refractivity contribution in [3.05, 3.63) is 29.8 Å². The number of rotatable bonds is 3. The van der Waals surface area contributed by atoms with Gasteiger partial charge in [0, 0.05) is 0 Å². The van der Waals surface area contributed by atoms with E-state index in [2.05, 4.69) is 0 Å². The third kappa shape index (κ3) is 2.74. The molecule has 1 aliphatic rings. The summed E-state index contributed by atoms with van der Waals surface area (Å²) >= 11 is 0. The minimum absolute atomic E-state index is 0.328. The average molecular weight is 276 g/mol. The van der Waals surface area contributed by atoms with Gasteiger partial charge in [0.25, 0.3) is 0 Å². The van der Waals surface area contributed by atoms with E-state index in [1.807, 2.05) is 39.8 Å². The molecule has 0 N–H and O–H groups in total. The Hall–Kier alpha value is -1.33. The van der Waals surface area contributed by atoms with Gasteiger partial charge >= 0.3 is 13.1 Å². The molecular weight excluding hydrogens is 255 g/mol. The molecule has 0 bridgehead atoms. The number of ether oxygens (including phenoxy) is 1. The summed E-state index contributed by atoms with van der Waals surface area (Å²) < 4.78 is 16.9. The van der Waals surface area contributed by atoms with Gasteiger partial charge in [-0.2, -0.15) is 0 Å². The highest BCUT2D eigenvalue weighted by atomic mass is 16.7. The van der Waals surface area contributed by atoms with Crippen molar-refractivity contribution in [1.82, 2.24) is 0 Å². The highest BCUT2D eigenvalue weighted by Gasteiger charge is 2.51. The van der Waals surface area contributed by atoms with Gasteiger partial charge in [-0.3, -0.25) is 0 Å². The molecule has 1 heterocycles. The Morgan fingerprint density at radius 3 is 2.35 bits per heavy atom. The normalized spacial score (nSPS) is 19.9. The minimum Gasteiger partial charge on any atom is -0.462 e. The molecule has 0 aromatic heterocycles. The van der Waals surface area contributed by atoms with Gasteiger partial charge in [0.05, 0.1) is 23.4 Å². The maximum absolute atomic E-state index is 11.8. The molecule has 0 amide bonds. The van der Waals surface area contributed by atoms with Gasteiger partial charge in [-0.05, 0) is 52.2 Å². The fraction of sp³-hybridized carbons (Fsp3) is 0.533. The predicted molar refractivity (Wildman–Crippen MR) is 78.1 cm³/mol. The molecule has 0 aliphatic carbocycles. The van der Waals surface area contributed by atoms with Crippen molar-refractivity contribution in [2.24, 2.45) is 0 Å². The molecule has 1 fully saturated rings. The van der Waals surface area contributed by atoms with Crippen molar-refractivity contribution in [2.75, 3.05) is 6.61 Å². The lowest BCUT2D eigenvalue weighted by Gasteiger charge is -2.32. The Morgan fingerprint density at radius 1 is 1.20 bits per heavy atom. The summed E-state index contributed by atoms with van der Waals surface area (Å²) in [6, 6.07) is 7.20. The van der Waals surface area contributed by atoms with Gasteiger partial charge in [-0.25, -0.2) is 4.79 Å². The lowest BCUT2D eigenvalue weighted by molar-refractivity contribution is 0.00578. The van der Waals surface area contributed by atoms with Crippen molar-refractivity contribution < 1.29 is 18.8 Å². The standard InChI is InChI=1S/C15H21BO4/c1-6-18-13(17)11-8-7-9-12(10-11)16-19-14(2,3)15(4,5)20-16/h7-10H,6H2,1-5H3. The van der Waals surface area contributed by atoms with Crippen molar-refractivity contribution in [2.45, 2.75) is 45.8 Å². The maximum Gasteiger partial charge on any atom is 0.494 e. The molecule has 1 aromatic carbocycles. The second-order valence-corrected chi connectivity index (χ2v) is 5.93. The third-order valence-electron chi connectivity index (χ3n) is 3.92. The number of hydrogen-bond acceptors (Lipinski definition) is 4. The zero-order valence-corrected chi connectivity index (χ0v) is 12.7. The van der Waals surface area contributed by atoms with E-state index in [0.29, 0.717) is 12.2 Å². The molecule has 1 aromatic rings. The van der Waals surface area contributed by atoms with Crippen LogP contribution < -0.4 is 5.46 Å². The van der Waals surface area contributed by atoms with E-state index < -0.39 is 18.3 Å². The first-order valence-corrected chi connectivity index (χ1v) is 6.89. The molecular formula is C15H21BO4. The monoisotopic (exact) mass is 276 g/mol. The molecule has 0 atom stereocenters. The van der Waals surface area contributed by atoms with Crippen LogP contribution in [0.2, 0.25) is 0 Å². The van der Waals surface area contributed by atoms with Crippen LogP contribution in [0.15, 0.2) is 24.3 Å². The largest absolute Gasteiger partial charge is 0.494 e. The van der Waals surface area contributed by atoms with Crippen LogP contribution in [-0.2, 0) is 14.0 Å². The van der Waals surface area contributed by atoms with Crippen LogP contribution in [0.25, 0.3) is 0 Å². The summed E-state index contributed by atoms with van der Waals surface area (Å²) in [5, 5.41) is 0. The Kier molecular flexibility index (Phi) is 3.94. The van der Waals surface area contributed by atoms with E-state index in [1.54, 1.807) is 19.1 Å². The molecule has 0 spiro atoms. The van der Waals surface area contributed by atoms with Crippen LogP contribution in [0.5, 0.6) is 0 Å². The molecule has 1 aliphatic heterocycles. The Bertz CT molecular complexity index is 494. The lowest BCUT2D eigenvalue weighted by Crippen LogP contribution is -2.41. The molecule has 1 saturated heterocycles. The first kappa shape index (κ1) is 15.1. The lowest BCUT2D eigenvalue weighted by atomic mass is 9.78. The number of benzene rings is 1. The second kappa shape index (κ2) is 5.22. The zero-order chi connectivity index (χ0) is 15.0. The molecule has 0 saturated carbocycles. The van der Waals surface area contributed by atoms with Crippen molar-refractivity contribution >= 4 is 18.6 Å². The van der Waals surface area contributed by atoms with Crippen LogP contribution in [0, 0.1) is 0 Å². The highest BCUT2D eigenvalue weighted by molar-refractivity contribution is 6.62. The second-order valence-electron chi connectivity index (χ2n) is 5.93. The summed E-state index contributed by atoms with van der Waals surface area (Å²) in [5.74, 6) is -0.328. The molecule has 108 valence electrons. The van der Waals surface area contributed by atoms with Crippen LogP contribution in [-0.4, -0.2) is 30.9 Å². The van der Waals surface area contributed by atoms with Crippen LogP contribution in [0.1, 0.15) is 45.0 Å². The van der Waals surface area contributed by atoms with Gasteiger partial charge in [-0.1, -0.05) is 12.1 Å². The van der Waals surface area contributed by atoms with Crippen LogP contribution in [0.4, 0.5) is 0 Å². The SMILES string of the molecule is CCOC(=O)c1cccc(B2OC(C)(C)C(C)(C)O2)c1. The van der Waals surface area contributed by atoms with E-state index in [4.69, 9.17) is 14.0 Å². The van der Waals surface area contributed by atoms with Gasteiger partial charge in [-0.15, -0.1) is 0 Å². The minimum atomic E-state index is -0.464. The molecule has 4 nitrogen and oxygen atoms in total. The molecule has 20 heavy (non-hydrogen) atoms. The first-order valence-electron chi connectivity index (χ1n) is 6.89. The third-order valence-corrected chi connectivity index (χ3v) is 3.92. The smallest absolute Gasteiger partial charge is 0.462 e. The fourth-order valence-electron chi connectivity index (χ4n) is 2.01. The summed E-state index contributed by atoms with van der Waals surface area (Å²) in [6.07, 6.45) is 0. The number of carbonyl (C=O) groups excluding carboxylic acids is 1. The Morgan fingerprint density at radius 2 is 1.80 bits per heavy atom. The van der Waals surface area contributed by atoms with Crippen LogP contribution >= 0.6 is 0 Å². The summed E-state index contributed by atoms with van der Waals surface area (Å²) in [4.78, 5) is 11.8. The zero-order valence-electron chi connectivity index (χ0n) is 12.7. The number of carbonyl (C=O) groups is 1. The highest BCUT2D eigenvalue weighted by Crippen LogP contribution is 2.36. The van der Waals surface area contributed by atoms with Gasteiger partial charge in [0.2, 0.25) is 0 Å². The van der Waals surface area contributed by atoms with Crippen LogP contribution in [0.3, 0.4) is 0 Å². The summed E-state index contributed by atoms with van der Waals surface area (Å²) in [5.41, 5.74) is 0.558. The number of esters is 1. The Labute approximate surface area is 120 Å². The first-order chi connectivity index (χ1) is 9.27. The van der Waals surface area contributed by atoms with E-state index in [1.165, 1.54) is 0 Å². The Balaban J connectivity index is 2.23. The van der Waals surface area contributed by atoms with E-state index >= 15 is 0 Å². The summed E-state index contributed by atoms with van der Waals surface area (Å²) in [6.45, 7) is 10.2. The molecule has 2 rings (SSSR count). The van der Waals surface area contributed by atoms with E-state index in [-0.39, 0.29) is 5.97 Å². The fourth-order valence-corrected chi connectivity index (χ4v) is 2.01. The maximum atomic E-state index is 11.8. The van der Waals surface area contributed by atoms with Gasteiger partial charge < -0.3 is 14.0 Å². The van der Waals surface area contributed by atoms with E-state index in [9.17, 15) is 4.79 Å².